The minimum atomic E-state index is -0.519. The van der Waals surface area contributed by atoms with Crippen molar-refractivity contribution < 1.29 is 5.11 Å². The predicted octanol–water partition coefficient (Wildman–Crippen LogP) is 3.72. The molecule has 0 unspecified atom stereocenters. The molecular formula is C22H31N3O2S. The fraction of sp³-hybridized carbons (Fsp3) is 0.727. The van der Waals surface area contributed by atoms with Crippen LogP contribution in [0.25, 0.3) is 10.2 Å². The Labute approximate surface area is 170 Å². The molecule has 1 atom stereocenters. The lowest BCUT2D eigenvalue weighted by atomic mass is 9.84. The van der Waals surface area contributed by atoms with E-state index in [1.165, 1.54) is 29.7 Å². The average molecular weight is 402 g/mol. The molecule has 0 amide bonds. The Bertz CT molecular complexity index is 906. The van der Waals surface area contributed by atoms with Gasteiger partial charge in [-0.05, 0) is 50.5 Å². The molecule has 0 radical (unpaired) electrons. The summed E-state index contributed by atoms with van der Waals surface area (Å²) < 4.78 is 1.91. The van der Waals surface area contributed by atoms with Gasteiger partial charge in [0.2, 0.25) is 0 Å². The van der Waals surface area contributed by atoms with Gasteiger partial charge in [-0.25, -0.2) is 4.98 Å². The van der Waals surface area contributed by atoms with Crippen LogP contribution in [0.4, 0.5) is 0 Å². The first-order valence-electron chi connectivity index (χ1n) is 11.1. The Morgan fingerprint density at radius 1 is 1.18 bits per heavy atom. The first-order valence-corrected chi connectivity index (χ1v) is 11.9. The molecule has 0 aromatic carbocycles. The van der Waals surface area contributed by atoms with Crippen LogP contribution < -0.4 is 10.9 Å². The lowest BCUT2D eigenvalue weighted by molar-refractivity contribution is 0.00234. The normalized spacial score (nSPS) is 25.2. The van der Waals surface area contributed by atoms with E-state index in [0.717, 1.165) is 68.0 Å². The van der Waals surface area contributed by atoms with Gasteiger partial charge in [-0.3, -0.25) is 9.36 Å². The molecule has 0 spiro atoms. The van der Waals surface area contributed by atoms with Gasteiger partial charge in [0.1, 0.15) is 4.83 Å². The Morgan fingerprint density at radius 3 is 2.75 bits per heavy atom. The first kappa shape index (κ1) is 18.8. The van der Waals surface area contributed by atoms with Gasteiger partial charge in [-0.15, -0.1) is 11.3 Å². The molecule has 2 aromatic rings. The standard InChI is InChI=1S/C22H31N3O2S/c26-21-19-17-9-8-15(23-13-22(27)10-4-1-5-11-22)12-18(17)28-20(19)24-14-25(21)16-6-2-3-7-16/h14-16,23,27H,1-13H2/t15-/m0/s1. The number of nitrogens with one attached hydrogen (secondary N) is 1. The van der Waals surface area contributed by atoms with Crippen LogP contribution in [0.5, 0.6) is 0 Å². The Hall–Kier alpha value is -1.24. The maximum atomic E-state index is 13.2. The van der Waals surface area contributed by atoms with Crippen LogP contribution in [0, 0.1) is 0 Å². The summed E-state index contributed by atoms with van der Waals surface area (Å²) in [5.74, 6) is 0. The summed E-state index contributed by atoms with van der Waals surface area (Å²) in [6, 6.07) is 0.734. The summed E-state index contributed by atoms with van der Waals surface area (Å²) in [5, 5.41) is 15.3. The second-order valence-electron chi connectivity index (χ2n) is 9.18. The molecule has 0 aliphatic heterocycles. The largest absolute Gasteiger partial charge is 0.389 e. The summed E-state index contributed by atoms with van der Waals surface area (Å²) >= 11 is 1.70. The summed E-state index contributed by atoms with van der Waals surface area (Å²) in [6.45, 7) is 0.699. The van der Waals surface area contributed by atoms with Gasteiger partial charge in [-0.1, -0.05) is 32.1 Å². The zero-order chi connectivity index (χ0) is 19.1. The topological polar surface area (TPSA) is 67.2 Å². The van der Waals surface area contributed by atoms with E-state index in [9.17, 15) is 9.90 Å². The minimum absolute atomic E-state index is 0.178. The van der Waals surface area contributed by atoms with Crippen molar-refractivity contribution in [3.05, 3.63) is 27.1 Å². The maximum absolute atomic E-state index is 13.2. The third-order valence-electron chi connectivity index (χ3n) is 7.22. The monoisotopic (exact) mass is 401 g/mol. The van der Waals surface area contributed by atoms with Crippen molar-refractivity contribution in [1.82, 2.24) is 14.9 Å². The SMILES string of the molecule is O=c1c2c3c(sc2ncn1C1CCCC1)C[C@@H](NCC1(O)CCCCC1)CC3. The number of aromatic nitrogens is 2. The minimum Gasteiger partial charge on any atom is -0.389 e. The van der Waals surface area contributed by atoms with Gasteiger partial charge in [-0.2, -0.15) is 0 Å². The molecule has 0 bridgehead atoms. The smallest absolute Gasteiger partial charge is 0.262 e. The van der Waals surface area contributed by atoms with Crippen molar-refractivity contribution in [1.29, 1.82) is 0 Å². The highest BCUT2D eigenvalue weighted by molar-refractivity contribution is 7.18. The van der Waals surface area contributed by atoms with Gasteiger partial charge in [0.15, 0.2) is 0 Å². The van der Waals surface area contributed by atoms with Crippen molar-refractivity contribution in [2.45, 2.75) is 94.7 Å². The predicted molar refractivity (Wildman–Crippen MR) is 113 cm³/mol. The number of rotatable bonds is 4. The number of thiophene rings is 1. The lowest BCUT2D eigenvalue weighted by Gasteiger charge is -2.34. The zero-order valence-electron chi connectivity index (χ0n) is 16.6. The molecule has 2 saturated carbocycles. The zero-order valence-corrected chi connectivity index (χ0v) is 17.4. The Kier molecular flexibility index (Phi) is 5.06. The van der Waals surface area contributed by atoms with E-state index in [1.54, 1.807) is 17.7 Å². The number of fused-ring (bicyclic) bond motifs is 3. The van der Waals surface area contributed by atoms with Crippen LogP contribution in [0.3, 0.4) is 0 Å². The van der Waals surface area contributed by atoms with E-state index in [2.05, 4.69) is 10.3 Å². The molecule has 3 aliphatic rings. The summed E-state index contributed by atoms with van der Waals surface area (Å²) in [7, 11) is 0. The summed E-state index contributed by atoms with van der Waals surface area (Å²) in [6.07, 6.45) is 14.7. The van der Waals surface area contributed by atoms with Crippen LogP contribution in [-0.2, 0) is 12.8 Å². The average Bonchev–Trinajstić information content (AvgIpc) is 3.35. The van der Waals surface area contributed by atoms with Gasteiger partial charge in [0, 0.05) is 23.5 Å². The van der Waals surface area contributed by atoms with Crippen LogP contribution in [0.2, 0.25) is 0 Å². The van der Waals surface area contributed by atoms with E-state index >= 15 is 0 Å². The first-order chi connectivity index (χ1) is 13.6. The van der Waals surface area contributed by atoms with E-state index in [-0.39, 0.29) is 5.56 Å². The number of aliphatic hydroxyl groups is 1. The van der Waals surface area contributed by atoms with Crippen LogP contribution in [-0.4, -0.2) is 32.8 Å². The fourth-order valence-corrected chi connectivity index (χ4v) is 6.77. The molecule has 6 heteroatoms. The highest BCUT2D eigenvalue weighted by atomic mass is 32.1. The molecule has 5 rings (SSSR count). The van der Waals surface area contributed by atoms with E-state index in [1.807, 2.05) is 4.57 Å². The Balaban J connectivity index is 1.35. The van der Waals surface area contributed by atoms with Crippen molar-refractivity contribution in [3.63, 3.8) is 0 Å². The van der Waals surface area contributed by atoms with Crippen LogP contribution in [0.15, 0.2) is 11.1 Å². The van der Waals surface area contributed by atoms with Gasteiger partial charge in [0.25, 0.3) is 5.56 Å². The third-order valence-corrected chi connectivity index (χ3v) is 8.38. The number of aryl methyl sites for hydroxylation is 1. The highest BCUT2D eigenvalue weighted by Crippen LogP contribution is 2.35. The molecule has 2 fully saturated rings. The fourth-order valence-electron chi connectivity index (χ4n) is 5.52. The molecule has 0 saturated heterocycles. The molecule has 2 N–H and O–H groups in total. The van der Waals surface area contributed by atoms with Gasteiger partial charge >= 0.3 is 0 Å². The van der Waals surface area contributed by atoms with E-state index in [4.69, 9.17) is 0 Å². The number of nitrogens with zero attached hydrogens (tertiary/aromatic N) is 2. The third kappa shape index (κ3) is 3.44. The molecule has 152 valence electrons. The molecule has 2 heterocycles. The second-order valence-corrected chi connectivity index (χ2v) is 10.3. The number of hydrogen-bond acceptors (Lipinski definition) is 5. The van der Waals surface area contributed by atoms with E-state index < -0.39 is 5.60 Å². The van der Waals surface area contributed by atoms with Gasteiger partial charge < -0.3 is 10.4 Å². The van der Waals surface area contributed by atoms with Gasteiger partial charge in [0.05, 0.1) is 17.3 Å². The van der Waals surface area contributed by atoms with Crippen molar-refractivity contribution in [2.75, 3.05) is 6.54 Å². The Morgan fingerprint density at radius 2 is 1.96 bits per heavy atom. The summed E-state index contributed by atoms with van der Waals surface area (Å²) in [5.41, 5.74) is 0.909. The molecule has 2 aromatic heterocycles. The van der Waals surface area contributed by atoms with E-state index in [0.29, 0.717) is 18.6 Å². The lowest BCUT2D eigenvalue weighted by Crippen LogP contribution is -2.47. The van der Waals surface area contributed by atoms with Crippen LogP contribution in [0.1, 0.15) is 80.7 Å². The molecular weight excluding hydrogens is 370 g/mol. The highest BCUT2D eigenvalue weighted by Gasteiger charge is 2.31. The maximum Gasteiger partial charge on any atom is 0.262 e. The molecule has 28 heavy (non-hydrogen) atoms. The summed E-state index contributed by atoms with van der Waals surface area (Å²) in [4.78, 5) is 20.1. The van der Waals surface area contributed by atoms with Crippen molar-refractivity contribution in [3.8, 4) is 0 Å². The molecule has 3 aliphatic carbocycles. The second kappa shape index (κ2) is 7.54. The number of hydrogen-bond donors (Lipinski definition) is 2. The molecule has 5 nitrogen and oxygen atoms in total. The van der Waals surface area contributed by atoms with Crippen molar-refractivity contribution in [2.24, 2.45) is 0 Å². The van der Waals surface area contributed by atoms with Crippen molar-refractivity contribution >= 4 is 21.6 Å². The van der Waals surface area contributed by atoms with Crippen LogP contribution >= 0.6 is 11.3 Å². The quantitative estimate of drug-likeness (QED) is 0.819.